The van der Waals surface area contributed by atoms with Gasteiger partial charge in [-0.1, -0.05) is 0 Å². The van der Waals surface area contributed by atoms with E-state index in [-0.39, 0.29) is 5.69 Å². The van der Waals surface area contributed by atoms with E-state index in [0.717, 1.165) is 18.2 Å². The summed E-state index contributed by atoms with van der Waals surface area (Å²) in [6.45, 7) is 0. The molecule has 1 amide bonds. The Kier molecular flexibility index (Phi) is 4.08. The van der Waals surface area contributed by atoms with Crippen LogP contribution in [-0.2, 0) is 9.59 Å². The lowest BCUT2D eigenvalue weighted by atomic mass is 10.2. The molecule has 0 saturated heterocycles. The van der Waals surface area contributed by atoms with Crippen molar-refractivity contribution in [2.24, 2.45) is 0 Å². The van der Waals surface area contributed by atoms with Gasteiger partial charge in [-0.25, -0.2) is 0 Å². The monoisotopic (exact) mass is 253 g/mol. The molecule has 1 aromatic rings. The van der Waals surface area contributed by atoms with Crippen LogP contribution in [-0.4, -0.2) is 16.8 Å². The zero-order chi connectivity index (χ0) is 13.7. The van der Waals surface area contributed by atoms with Crippen molar-refractivity contribution in [3.8, 4) is 0 Å². The van der Waals surface area contributed by atoms with Crippen molar-refractivity contribution >= 4 is 23.3 Å². The molecule has 1 rings (SSSR count). The first kappa shape index (κ1) is 13.3. The Morgan fingerprint density at radius 3 is 2.56 bits per heavy atom. The number of nitro groups is 1. The van der Waals surface area contributed by atoms with Crippen molar-refractivity contribution in [3.05, 3.63) is 46.3 Å². The second kappa shape index (κ2) is 5.53. The number of aliphatic carboxylic acids is 1. The highest BCUT2D eigenvalue weighted by atomic mass is 19.1. The minimum Gasteiger partial charge on any atom is -0.545 e. The van der Waals surface area contributed by atoms with Gasteiger partial charge in [-0.2, -0.15) is 4.39 Å². The summed E-state index contributed by atoms with van der Waals surface area (Å²) in [5.41, 5.74) is -0.826. The quantitative estimate of drug-likeness (QED) is 0.460. The Bertz CT molecular complexity index is 541. The zero-order valence-corrected chi connectivity index (χ0v) is 8.75. The predicted molar refractivity (Wildman–Crippen MR) is 55.8 cm³/mol. The van der Waals surface area contributed by atoms with Gasteiger partial charge < -0.3 is 15.2 Å². The molecule has 0 saturated carbocycles. The number of anilines is 1. The fourth-order valence-electron chi connectivity index (χ4n) is 1.06. The highest BCUT2D eigenvalue weighted by Gasteiger charge is 2.14. The molecule has 0 fully saturated rings. The lowest BCUT2D eigenvalue weighted by molar-refractivity contribution is -0.387. The highest BCUT2D eigenvalue weighted by Crippen LogP contribution is 2.21. The Morgan fingerprint density at radius 2 is 2.00 bits per heavy atom. The molecule has 0 heterocycles. The fourth-order valence-corrected chi connectivity index (χ4v) is 1.06. The topological polar surface area (TPSA) is 112 Å². The van der Waals surface area contributed by atoms with Crippen LogP contribution in [0, 0.1) is 15.9 Å². The van der Waals surface area contributed by atoms with E-state index in [1.165, 1.54) is 0 Å². The van der Waals surface area contributed by atoms with Crippen LogP contribution in [0.25, 0.3) is 0 Å². The largest absolute Gasteiger partial charge is 0.545 e. The van der Waals surface area contributed by atoms with Crippen molar-refractivity contribution in [3.63, 3.8) is 0 Å². The number of benzene rings is 1. The van der Waals surface area contributed by atoms with Crippen molar-refractivity contribution in [1.82, 2.24) is 0 Å². The third kappa shape index (κ3) is 3.67. The molecule has 94 valence electrons. The third-order valence-corrected chi connectivity index (χ3v) is 1.78. The maximum atomic E-state index is 13.0. The number of nitro benzene ring substituents is 1. The summed E-state index contributed by atoms with van der Waals surface area (Å²) in [5, 5.41) is 22.6. The number of amides is 1. The molecule has 18 heavy (non-hydrogen) atoms. The number of halogens is 1. The normalized spacial score (nSPS) is 10.3. The first-order chi connectivity index (χ1) is 8.40. The van der Waals surface area contributed by atoms with E-state index in [1.807, 2.05) is 0 Å². The SMILES string of the molecule is O=C([O-])/C=C/C(=O)Nc1ccc(F)c([N+](=O)[O-])c1. The molecule has 0 unspecified atom stereocenters. The van der Waals surface area contributed by atoms with Crippen molar-refractivity contribution in [2.75, 3.05) is 5.32 Å². The highest BCUT2D eigenvalue weighted by molar-refractivity contribution is 6.02. The van der Waals surface area contributed by atoms with E-state index in [2.05, 4.69) is 5.32 Å². The molecule has 0 bridgehead atoms. The van der Waals surface area contributed by atoms with Crippen LogP contribution in [0.5, 0.6) is 0 Å². The van der Waals surface area contributed by atoms with Gasteiger partial charge in [0, 0.05) is 17.8 Å². The first-order valence-corrected chi connectivity index (χ1v) is 4.54. The van der Waals surface area contributed by atoms with Gasteiger partial charge in [-0.15, -0.1) is 0 Å². The standard InChI is InChI=1S/C10H7FN2O5/c11-7-2-1-6(5-8(7)13(17)18)12-9(14)3-4-10(15)16/h1-5H,(H,12,14)(H,15,16)/p-1/b4-3+. The van der Waals surface area contributed by atoms with E-state index in [1.54, 1.807) is 0 Å². The number of rotatable bonds is 4. The first-order valence-electron chi connectivity index (χ1n) is 4.54. The van der Waals surface area contributed by atoms with Gasteiger partial charge in [-0.05, 0) is 18.2 Å². The second-order valence-electron chi connectivity index (χ2n) is 3.06. The van der Waals surface area contributed by atoms with Crippen LogP contribution in [0.2, 0.25) is 0 Å². The molecule has 0 aliphatic rings. The number of hydrogen-bond donors (Lipinski definition) is 1. The van der Waals surface area contributed by atoms with Crippen LogP contribution < -0.4 is 10.4 Å². The summed E-state index contributed by atoms with van der Waals surface area (Å²) in [4.78, 5) is 30.6. The molecular weight excluding hydrogens is 247 g/mol. The molecule has 0 radical (unpaired) electrons. The van der Waals surface area contributed by atoms with Crippen molar-refractivity contribution in [1.29, 1.82) is 0 Å². The minimum atomic E-state index is -1.56. The van der Waals surface area contributed by atoms with E-state index >= 15 is 0 Å². The van der Waals surface area contributed by atoms with Crippen LogP contribution in [0.1, 0.15) is 0 Å². The van der Waals surface area contributed by atoms with Crippen LogP contribution in [0.15, 0.2) is 30.4 Å². The molecule has 0 atom stereocenters. The van der Waals surface area contributed by atoms with Gasteiger partial charge in [0.25, 0.3) is 0 Å². The molecular formula is C10H6FN2O5-. The average Bonchev–Trinajstić information content (AvgIpc) is 2.28. The van der Waals surface area contributed by atoms with Gasteiger partial charge in [0.1, 0.15) is 0 Å². The zero-order valence-electron chi connectivity index (χ0n) is 8.75. The summed E-state index contributed by atoms with van der Waals surface area (Å²) < 4.78 is 13.0. The number of carbonyl (C=O) groups excluding carboxylic acids is 2. The number of carboxylic acid groups (broad SMARTS) is 1. The number of hydrogen-bond acceptors (Lipinski definition) is 5. The fraction of sp³-hybridized carbons (Fsp3) is 0. The van der Waals surface area contributed by atoms with E-state index < -0.39 is 28.3 Å². The maximum absolute atomic E-state index is 13.0. The Labute approximate surface area is 99.7 Å². The molecule has 1 N–H and O–H groups in total. The molecule has 7 nitrogen and oxygen atoms in total. The van der Waals surface area contributed by atoms with Gasteiger partial charge in [0.15, 0.2) is 0 Å². The van der Waals surface area contributed by atoms with Gasteiger partial charge in [-0.3, -0.25) is 14.9 Å². The van der Waals surface area contributed by atoms with E-state index in [0.29, 0.717) is 12.2 Å². The second-order valence-corrected chi connectivity index (χ2v) is 3.06. The van der Waals surface area contributed by atoms with E-state index in [9.17, 15) is 29.2 Å². The molecule has 0 aliphatic carbocycles. The van der Waals surface area contributed by atoms with Gasteiger partial charge >= 0.3 is 5.69 Å². The molecule has 0 spiro atoms. The Balaban J connectivity index is 2.86. The smallest absolute Gasteiger partial charge is 0.306 e. The van der Waals surface area contributed by atoms with Crippen LogP contribution in [0.3, 0.4) is 0 Å². The van der Waals surface area contributed by atoms with Crippen molar-refractivity contribution < 1.29 is 24.0 Å². The number of nitrogens with one attached hydrogen (secondary N) is 1. The average molecular weight is 253 g/mol. The minimum absolute atomic E-state index is 0.0314. The lowest BCUT2D eigenvalue weighted by Crippen LogP contribution is -2.20. The lowest BCUT2D eigenvalue weighted by Gasteiger charge is -2.02. The Hall–Kier alpha value is -2.77. The molecule has 1 aromatic carbocycles. The van der Waals surface area contributed by atoms with Gasteiger partial charge in [0.2, 0.25) is 11.7 Å². The maximum Gasteiger partial charge on any atom is 0.306 e. The Morgan fingerprint density at radius 1 is 1.33 bits per heavy atom. The summed E-state index contributed by atoms with van der Waals surface area (Å²) in [6, 6.07) is 2.74. The third-order valence-electron chi connectivity index (χ3n) is 1.78. The van der Waals surface area contributed by atoms with Crippen LogP contribution >= 0.6 is 0 Å². The molecule has 8 heteroatoms. The summed E-state index contributed by atoms with van der Waals surface area (Å²) in [5.74, 6) is -3.43. The van der Waals surface area contributed by atoms with E-state index in [4.69, 9.17) is 0 Å². The number of carbonyl (C=O) groups is 2. The number of nitrogens with zero attached hydrogens (tertiary/aromatic N) is 1. The predicted octanol–water partition coefficient (Wildman–Crippen LogP) is -0.0215. The summed E-state index contributed by atoms with van der Waals surface area (Å²) in [7, 11) is 0. The molecule has 0 aliphatic heterocycles. The van der Waals surface area contributed by atoms with Gasteiger partial charge in [0.05, 0.1) is 10.9 Å². The summed E-state index contributed by atoms with van der Waals surface area (Å²) in [6.07, 6.45) is 1.16. The molecule has 0 aromatic heterocycles. The van der Waals surface area contributed by atoms with Crippen LogP contribution in [0.4, 0.5) is 15.8 Å². The number of carboxylic acids is 1. The van der Waals surface area contributed by atoms with Crippen molar-refractivity contribution in [2.45, 2.75) is 0 Å². The summed E-state index contributed by atoms with van der Waals surface area (Å²) >= 11 is 0.